The molecule has 0 saturated carbocycles. The molecule has 0 atom stereocenters. The summed E-state index contributed by atoms with van der Waals surface area (Å²) in [5.41, 5.74) is 0.559. The van der Waals surface area contributed by atoms with Crippen molar-refractivity contribution in [2.24, 2.45) is 0 Å². The normalized spacial score (nSPS) is 10.0. The number of methoxy groups -OCH3 is 1. The number of benzene rings is 2. The summed E-state index contributed by atoms with van der Waals surface area (Å²) in [4.78, 5) is 11.7. The Bertz CT molecular complexity index is 629. The summed E-state index contributed by atoms with van der Waals surface area (Å²) in [6.07, 6.45) is 0. The van der Waals surface area contributed by atoms with Crippen LogP contribution in [0.1, 0.15) is 0 Å². The minimum atomic E-state index is -0.854. The van der Waals surface area contributed by atoms with Gasteiger partial charge in [0.15, 0.2) is 18.2 Å². The summed E-state index contributed by atoms with van der Waals surface area (Å²) >= 11 is 0. The molecule has 0 saturated heterocycles. The zero-order chi connectivity index (χ0) is 15.2. The maximum atomic E-state index is 13.3. The number of halogens is 2. The van der Waals surface area contributed by atoms with Gasteiger partial charge in [-0.25, -0.2) is 8.78 Å². The summed E-state index contributed by atoms with van der Waals surface area (Å²) < 4.78 is 36.0. The lowest BCUT2D eigenvalue weighted by molar-refractivity contribution is -0.118. The van der Waals surface area contributed by atoms with Gasteiger partial charge in [0.25, 0.3) is 5.91 Å². The Hall–Kier alpha value is -2.63. The van der Waals surface area contributed by atoms with Gasteiger partial charge in [-0.1, -0.05) is 0 Å². The van der Waals surface area contributed by atoms with Crippen LogP contribution in [-0.2, 0) is 4.79 Å². The molecule has 2 rings (SSSR count). The quantitative estimate of drug-likeness (QED) is 0.922. The van der Waals surface area contributed by atoms with E-state index in [-0.39, 0.29) is 12.4 Å². The molecule has 0 radical (unpaired) electrons. The van der Waals surface area contributed by atoms with Gasteiger partial charge in [0.1, 0.15) is 11.6 Å². The Labute approximate surface area is 120 Å². The van der Waals surface area contributed by atoms with E-state index in [4.69, 9.17) is 9.47 Å². The van der Waals surface area contributed by atoms with Crippen LogP contribution < -0.4 is 14.8 Å². The maximum Gasteiger partial charge on any atom is 0.262 e. The standard InChI is InChI=1S/C15H13F2NO3/c1-20-12-5-3-11(4-6-12)18-15(19)9-21-14-7-2-10(16)8-13(14)17/h2-8H,9H2,1H3,(H,18,19). The van der Waals surface area contributed by atoms with Crippen LogP contribution in [-0.4, -0.2) is 19.6 Å². The molecule has 0 aromatic heterocycles. The van der Waals surface area contributed by atoms with Gasteiger partial charge in [0.05, 0.1) is 7.11 Å². The van der Waals surface area contributed by atoms with Gasteiger partial charge in [-0.2, -0.15) is 0 Å². The third kappa shape index (κ3) is 4.17. The van der Waals surface area contributed by atoms with Crippen LogP contribution in [0.15, 0.2) is 42.5 Å². The molecule has 0 bridgehead atoms. The van der Waals surface area contributed by atoms with Crippen molar-refractivity contribution < 1.29 is 23.0 Å². The van der Waals surface area contributed by atoms with E-state index in [1.54, 1.807) is 31.4 Å². The minimum Gasteiger partial charge on any atom is -0.497 e. The highest BCUT2D eigenvalue weighted by Gasteiger charge is 2.08. The second kappa shape index (κ2) is 6.69. The summed E-state index contributed by atoms with van der Waals surface area (Å²) in [5, 5.41) is 2.58. The third-order valence-corrected chi connectivity index (χ3v) is 2.63. The second-order valence-electron chi connectivity index (χ2n) is 4.14. The zero-order valence-electron chi connectivity index (χ0n) is 11.2. The van der Waals surface area contributed by atoms with E-state index < -0.39 is 17.5 Å². The summed E-state index contributed by atoms with van der Waals surface area (Å²) in [6, 6.07) is 9.58. The number of rotatable bonds is 5. The van der Waals surface area contributed by atoms with Crippen molar-refractivity contribution in [1.29, 1.82) is 0 Å². The SMILES string of the molecule is COc1ccc(NC(=O)COc2ccc(F)cc2F)cc1. The van der Waals surface area contributed by atoms with Crippen molar-refractivity contribution in [3.05, 3.63) is 54.1 Å². The Balaban J connectivity index is 1.89. The number of hydrogen-bond acceptors (Lipinski definition) is 3. The average Bonchev–Trinajstić information content (AvgIpc) is 2.47. The average molecular weight is 293 g/mol. The molecule has 0 aliphatic carbocycles. The first-order valence-electron chi connectivity index (χ1n) is 6.10. The van der Waals surface area contributed by atoms with Crippen LogP contribution >= 0.6 is 0 Å². The minimum absolute atomic E-state index is 0.179. The molecule has 2 aromatic rings. The fraction of sp³-hybridized carbons (Fsp3) is 0.133. The number of carbonyl (C=O) groups excluding carboxylic acids is 1. The molecule has 4 nitrogen and oxygen atoms in total. The molecular formula is C15H13F2NO3. The van der Waals surface area contributed by atoms with Crippen LogP contribution in [0.5, 0.6) is 11.5 Å². The summed E-state index contributed by atoms with van der Waals surface area (Å²) in [7, 11) is 1.54. The van der Waals surface area contributed by atoms with Crippen LogP contribution in [0.2, 0.25) is 0 Å². The number of ether oxygens (including phenoxy) is 2. The molecule has 0 heterocycles. The van der Waals surface area contributed by atoms with Crippen molar-refractivity contribution in [2.75, 3.05) is 19.0 Å². The molecule has 1 amide bonds. The Morgan fingerprint density at radius 1 is 1.14 bits per heavy atom. The number of carbonyl (C=O) groups is 1. The zero-order valence-corrected chi connectivity index (χ0v) is 11.2. The molecule has 0 spiro atoms. The van der Waals surface area contributed by atoms with Gasteiger partial charge in [-0.05, 0) is 36.4 Å². The Morgan fingerprint density at radius 3 is 2.48 bits per heavy atom. The third-order valence-electron chi connectivity index (χ3n) is 2.63. The predicted octanol–water partition coefficient (Wildman–Crippen LogP) is 2.99. The second-order valence-corrected chi connectivity index (χ2v) is 4.14. The topological polar surface area (TPSA) is 47.6 Å². The van der Waals surface area contributed by atoms with Gasteiger partial charge < -0.3 is 14.8 Å². The van der Waals surface area contributed by atoms with Gasteiger partial charge in [-0.3, -0.25) is 4.79 Å². The number of anilines is 1. The molecule has 110 valence electrons. The fourth-order valence-corrected chi connectivity index (χ4v) is 1.61. The van der Waals surface area contributed by atoms with E-state index in [1.807, 2.05) is 0 Å². The molecule has 2 aromatic carbocycles. The lowest BCUT2D eigenvalue weighted by Gasteiger charge is -2.08. The van der Waals surface area contributed by atoms with Crippen molar-refractivity contribution in [3.8, 4) is 11.5 Å². The molecule has 0 aliphatic heterocycles. The van der Waals surface area contributed by atoms with Gasteiger partial charge in [-0.15, -0.1) is 0 Å². The highest BCUT2D eigenvalue weighted by molar-refractivity contribution is 5.91. The lowest BCUT2D eigenvalue weighted by atomic mass is 10.3. The smallest absolute Gasteiger partial charge is 0.262 e. The molecule has 6 heteroatoms. The maximum absolute atomic E-state index is 13.3. The number of nitrogens with one attached hydrogen (secondary N) is 1. The van der Waals surface area contributed by atoms with Crippen molar-refractivity contribution in [3.63, 3.8) is 0 Å². The van der Waals surface area contributed by atoms with Gasteiger partial charge in [0, 0.05) is 11.8 Å². The molecule has 1 N–H and O–H groups in total. The van der Waals surface area contributed by atoms with Crippen LogP contribution in [0.3, 0.4) is 0 Å². The lowest BCUT2D eigenvalue weighted by Crippen LogP contribution is -2.20. The number of hydrogen-bond donors (Lipinski definition) is 1. The molecular weight excluding hydrogens is 280 g/mol. The van der Waals surface area contributed by atoms with Crippen molar-refractivity contribution >= 4 is 11.6 Å². The van der Waals surface area contributed by atoms with Crippen LogP contribution in [0, 0.1) is 11.6 Å². The van der Waals surface area contributed by atoms with E-state index in [0.717, 1.165) is 12.1 Å². The number of amides is 1. The fourth-order valence-electron chi connectivity index (χ4n) is 1.61. The summed E-state index contributed by atoms with van der Waals surface area (Å²) in [6.45, 7) is -0.380. The molecule has 0 aliphatic rings. The van der Waals surface area contributed by atoms with E-state index in [0.29, 0.717) is 17.5 Å². The van der Waals surface area contributed by atoms with Gasteiger partial charge in [0.2, 0.25) is 0 Å². The molecule has 21 heavy (non-hydrogen) atoms. The monoisotopic (exact) mass is 293 g/mol. The predicted molar refractivity (Wildman–Crippen MR) is 73.5 cm³/mol. The Kier molecular flexibility index (Phi) is 4.71. The Morgan fingerprint density at radius 2 is 1.86 bits per heavy atom. The van der Waals surface area contributed by atoms with Crippen LogP contribution in [0.25, 0.3) is 0 Å². The first-order valence-corrected chi connectivity index (χ1v) is 6.10. The summed E-state index contributed by atoms with van der Waals surface area (Å²) in [5.74, 6) is -1.53. The highest BCUT2D eigenvalue weighted by Crippen LogP contribution is 2.18. The largest absolute Gasteiger partial charge is 0.497 e. The van der Waals surface area contributed by atoms with Gasteiger partial charge >= 0.3 is 0 Å². The highest BCUT2D eigenvalue weighted by atomic mass is 19.1. The van der Waals surface area contributed by atoms with E-state index >= 15 is 0 Å². The van der Waals surface area contributed by atoms with Crippen LogP contribution in [0.4, 0.5) is 14.5 Å². The van der Waals surface area contributed by atoms with E-state index in [2.05, 4.69) is 5.32 Å². The first-order chi connectivity index (χ1) is 10.1. The van der Waals surface area contributed by atoms with E-state index in [1.165, 1.54) is 0 Å². The van der Waals surface area contributed by atoms with Crippen molar-refractivity contribution in [2.45, 2.75) is 0 Å². The van der Waals surface area contributed by atoms with Crippen molar-refractivity contribution in [1.82, 2.24) is 0 Å². The first kappa shape index (κ1) is 14.8. The van der Waals surface area contributed by atoms with E-state index in [9.17, 15) is 13.6 Å². The molecule has 0 fully saturated rings. The molecule has 0 unspecified atom stereocenters.